The predicted molar refractivity (Wildman–Crippen MR) is 105 cm³/mol. The van der Waals surface area contributed by atoms with Gasteiger partial charge in [0.25, 0.3) is 0 Å². The Hall–Kier alpha value is -2.60. The Balaban J connectivity index is 1.94. The maximum atomic E-state index is 5.51. The molecular weight excluding hydrogens is 334 g/mol. The third-order valence-electron chi connectivity index (χ3n) is 3.45. The van der Waals surface area contributed by atoms with Gasteiger partial charge in [-0.05, 0) is 48.5 Å². The zero-order chi connectivity index (χ0) is 18.1. The predicted octanol–water partition coefficient (Wildman–Crippen LogP) is 3.43. The molecule has 2 aromatic carbocycles. The summed E-state index contributed by atoms with van der Waals surface area (Å²) in [6, 6.07) is 15.8. The molecule has 25 heavy (non-hydrogen) atoms. The first kappa shape index (κ1) is 18.7. The summed E-state index contributed by atoms with van der Waals surface area (Å²) in [5.41, 5.74) is 2.07. The van der Waals surface area contributed by atoms with E-state index in [1.165, 1.54) is 5.56 Å². The van der Waals surface area contributed by atoms with E-state index in [0.29, 0.717) is 24.0 Å². The van der Waals surface area contributed by atoms with E-state index in [9.17, 15) is 0 Å². The maximum Gasteiger partial charge on any atom is 0.189 e. The summed E-state index contributed by atoms with van der Waals surface area (Å²) in [7, 11) is 3.43. The highest BCUT2D eigenvalue weighted by molar-refractivity contribution is 7.80. The zero-order valence-corrected chi connectivity index (χ0v) is 15.5. The Morgan fingerprint density at radius 1 is 1.20 bits per heavy atom. The molecule has 0 atom stereocenters. The standard InChI is InChI=1S/C19H23N3O2S/c1-4-24-17-11-10-16(12-18(17)23-3)14-21-22(2)19(25)20-13-15-8-6-5-7-9-15/h5-12,14H,4,13H2,1-3H3,(H,20,25)/b21-14-. The van der Waals surface area contributed by atoms with Gasteiger partial charge in [-0.15, -0.1) is 0 Å². The highest BCUT2D eigenvalue weighted by atomic mass is 32.1. The number of ether oxygens (including phenoxy) is 2. The van der Waals surface area contributed by atoms with Crippen LogP contribution in [0.5, 0.6) is 11.5 Å². The summed E-state index contributed by atoms with van der Waals surface area (Å²) in [6.45, 7) is 3.19. The lowest BCUT2D eigenvalue weighted by Crippen LogP contribution is -2.33. The third-order valence-corrected chi connectivity index (χ3v) is 3.86. The molecule has 0 aliphatic carbocycles. The summed E-state index contributed by atoms with van der Waals surface area (Å²) in [5.74, 6) is 1.40. The van der Waals surface area contributed by atoms with Crippen LogP contribution in [0.2, 0.25) is 0 Å². The smallest absolute Gasteiger partial charge is 0.189 e. The zero-order valence-electron chi connectivity index (χ0n) is 14.7. The van der Waals surface area contributed by atoms with Crippen molar-refractivity contribution in [2.24, 2.45) is 5.10 Å². The van der Waals surface area contributed by atoms with Crippen LogP contribution in [0.1, 0.15) is 18.1 Å². The molecule has 0 bridgehead atoms. The Morgan fingerprint density at radius 2 is 1.96 bits per heavy atom. The second-order valence-corrected chi connectivity index (χ2v) is 5.64. The normalized spacial score (nSPS) is 10.5. The van der Waals surface area contributed by atoms with Gasteiger partial charge in [0.05, 0.1) is 19.9 Å². The first-order valence-electron chi connectivity index (χ1n) is 8.04. The number of thiocarbonyl (C=S) groups is 1. The van der Waals surface area contributed by atoms with Crippen molar-refractivity contribution in [3.05, 3.63) is 59.7 Å². The number of benzene rings is 2. The summed E-state index contributed by atoms with van der Waals surface area (Å²) in [6.07, 6.45) is 1.73. The van der Waals surface area contributed by atoms with Gasteiger partial charge in [0.2, 0.25) is 0 Å². The number of methoxy groups -OCH3 is 1. The minimum absolute atomic E-state index is 0.554. The Kier molecular flexibility index (Phi) is 7.22. The largest absolute Gasteiger partial charge is 0.493 e. The highest BCUT2D eigenvalue weighted by Crippen LogP contribution is 2.27. The quantitative estimate of drug-likeness (QED) is 0.467. The molecule has 0 radical (unpaired) electrons. The molecule has 0 unspecified atom stereocenters. The van der Waals surface area contributed by atoms with Gasteiger partial charge in [-0.1, -0.05) is 30.3 Å². The summed E-state index contributed by atoms with van der Waals surface area (Å²) >= 11 is 5.35. The van der Waals surface area contributed by atoms with Crippen molar-refractivity contribution in [3.8, 4) is 11.5 Å². The fourth-order valence-corrected chi connectivity index (χ4v) is 2.25. The van der Waals surface area contributed by atoms with Gasteiger partial charge >= 0.3 is 0 Å². The van der Waals surface area contributed by atoms with E-state index in [4.69, 9.17) is 21.7 Å². The van der Waals surface area contributed by atoms with Crippen LogP contribution < -0.4 is 14.8 Å². The summed E-state index contributed by atoms with van der Waals surface area (Å²) in [4.78, 5) is 0. The van der Waals surface area contributed by atoms with E-state index in [1.54, 1.807) is 18.3 Å². The van der Waals surface area contributed by atoms with Gasteiger partial charge in [-0.25, -0.2) is 5.01 Å². The van der Waals surface area contributed by atoms with Crippen molar-refractivity contribution in [1.82, 2.24) is 10.3 Å². The number of hydrazone groups is 1. The van der Waals surface area contributed by atoms with Crippen molar-refractivity contribution in [1.29, 1.82) is 0 Å². The molecular formula is C19H23N3O2S. The second kappa shape index (κ2) is 9.64. The monoisotopic (exact) mass is 357 g/mol. The first-order valence-corrected chi connectivity index (χ1v) is 8.45. The van der Waals surface area contributed by atoms with Crippen LogP contribution >= 0.6 is 12.2 Å². The Morgan fingerprint density at radius 3 is 2.64 bits per heavy atom. The van der Waals surface area contributed by atoms with Crippen molar-refractivity contribution in [2.75, 3.05) is 20.8 Å². The number of nitrogens with zero attached hydrogens (tertiary/aromatic N) is 2. The molecule has 0 saturated carbocycles. The molecule has 0 aromatic heterocycles. The Labute approximate surface area is 154 Å². The van der Waals surface area contributed by atoms with Crippen molar-refractivity contribution >= 4 is 23.5 Å². The van der Waals surface area contributed by atoms with E-state index < -0.39 is 0 Å². The third kappa shape index (κ3) is 5.76. The van der Waals surface area contributed by atoms with Gasteiger partial charge in [0.1, 0.15) is 0 Å². The van der Waals surface area contributed by atoms with Crippen LogP contribution in [0.15, 0.2) is 53.6 Å². The SMILES string of the molecule is CCOc1ccc(/C=N\N(C)C(=S)NCc2ccccc2)cc1OC. The minimum atomic E-state index is 0.554. The molecule has 5 nitrogen and oxygen atoms in total. The van der Waals surface area contributed by atoms with Crippen LogP contribution in [-0.2, 0) is 6.54 Å². The molecule has 2 rings (SSSR count). The van der Waals surface area contributed by atoms with Gasteiger partial charge in [0.15, 0.2) is 16.6 Å². The summed E-state index contributed by atoms with van der Waals surface area (Å²) in [5, 5.41) is 9.73. The first-order chi connectivity index (χ1) is 12.1. The lowest BCUT2D eigenvalue weighted by molar-refractivity contribution is 0.311. The molecule has 2 aromatic rings. The van der Waals surface area contributed by atoms with Gasteiger partial charge < -0.3 is 14.8 Å². The summed E-state index contributed by atoms with van der Waals surface area (Å²) < 4.78 is 10.9. The lowest BCUT2D eigenvalue weighted by Gasteiger charge is -2.16. The van der Waals surface area contributed by atoms with Crippen LogP contribution in [0.3, 0.4) is 0 Å². The van der Waals surface area contributed by atoms with E-state index in [2.05, 4.69) is 10.4 Å². The lowest BCUT2D eigenvalue weighted by atomic mass is 10.2. The highest BCUT2D eigenvalue weighted by Gasteiger charge is 2.05. The average Bonchev–Trinajstić information content (AvgIpc) is 2.66. The number of rotatable bonds is 7. The molecule has 0 saturated heterocycles. The van der Waals surface area contributed by atoms with Crippen LogP contribution in [0.4, 0.5) is 0 Å². The molecule has 0 spiro atoms. The van der Waals surface area contributed by atoms with Crippen LogP contribution in [-0.4, -0.2) is 37.1 Å². The number of nitrogens with one attached hydrogen (secondary N) is 1. The second-order valence-electron chi connectivity index (χ2n) is 5.26. The van der Waals surface area contributed by atoms with Gasteiger partial charge in [0, 0.05) is 13.6 Å². The van der Waals surface area contributed by atoms with Crippen LogP contribution in [0, 0.1) is 0 Å². The molecule has 0 aliphatic rings. The Bertz CT molecular complexity index is 720. The molecule has 0 fully saturated rings. The minimum Gasteiger partial charge on any atom is -0.493 e. The number of hydrogen-bond donors (Lipinski definition) is 1. The topological polar surface area (TPSA) is 46.1 Å². The van der Waals surface area contributed by atoms with E-state index in [-0.39, 0.29) is 0 Å². The fourth-order valence-electron chi connectivity index (χ4n) is 2.13. The molecule has 6 heteroatoms. The van der Waals surface area contributed by atoms with E-state index in [0.717, 1.165) is 11.3 Å². The van der Waals surface area contributed by atoms with E-state index >= 15 is 0 Å². The molecule has 1 N–H and O–H groups in total. The molecule has 0 aliphatic heterocycles. The van der Waals surface area contributed by atoms with Crippen LogP contribution in [0.25, 0.3) is 0 Å². The van der Waals surface area contributed by atoms with E-state index in [1.807, 2.05) is 62.5 Å². The van der Waals surface area contributed by atoms with Crippen molar-refractivity contribution < 1.29 is 9.47 Å². The van der Waals surface area contributed by atoms with Gasteiger partial charge in [-0.3, -0.25) is 0 Å². The molecule has 0 heterocycles. The molecule has 132 valence electrons. The van der Waals surface area contributed by atoms with Crippen molar-refractivity contribution in [3.63, 3.8) is 0 Å². The maximum absolute atomic E-state index is 5.51. The molecule has 0 amide bonds. The van der Waals surface area contributed by atoms with Gasteiger partial charge in [-0.2, -0.15) is 5.10 Å². The fraction of sp³-hybridized carbons (Fsp3) is 0.263. The van der Waals surface area contributed by atoms with Crippen molar-refractivity contribution in [2.45, 2.75) is 13.5 Å². The average molecular weight is 357 g/mol. The number of hydrogen-bond acceptors (Lipinski definition) is 4.